The fourth-order valence-electron chi connectivity index (χ4n) is 4.31. The standard InChI is InChI=1S/C27H32FN5O3/c1-4-36-20-12-9-18(10-13-20)26(34)30-24(17(2)3)27(35)29-19-11-14-22(28)21(16-19)25-32-31-23-8-6-5-7-15-33(23)25/h9-14,16-17,24H,4-8,15H2,1-3H3,(H,29,35)(H,30,34). The Balaban J connectivity index is 1.50. The van der Waals surface area contributed by atoms with E-state index in [0.29, 0.717) is 29.4 Å². The Labute approximate surface area is 210 Å². The number of ether oxygens (including phenoxy) is 1. The van der Waals surface area contributed by atoms with Gasteiger partial charge in [-0.1, -0.05) is 20.3 Å². The summed E-state index contributed by atoms with van der Waals surface area (Å²) in [6.45, 7) is 6.86. The monoisotopic (exact) mass is 493 g/mol. The molecule has 4 rings (SSSR count). The number of halogens is 1. The Bertz CT molecular complexity index is 1220. The van der Waals surface area contributed by atoms with Crippen molar-refractivity contribution in [2.24, 2.45) is 5.92 Å². The topological polar surface area (TPSA) is 98.1 Å². The summed E-state index contributed by atoms with van der Waals surface area (Å²) in [5.74, 6) is 0.627. The lowest BCUT2D eigenvalue weighted by Crippen LogP contribution is -2.47. The molecule has 0 aliphatic carbocycles. The number of hydrogen-bond acceptors (Lipinski definition) is 5. The predicted octanol–water partition coefficient (Wildman–Crippen LogP) is 4.60. The molecule has 0 fully saturated rings. The summed E-state index contributed by atoms with van der Waals surface area (Å²) >= 11 is 0. The van der Waals surface area contributed by atoms with Gasteiger partial charge in [0.25, 0.3) is 5.91 Å². The van der Waals surface area contributed by atoms with Crippen LogP contribution < -0.4 is 15.4 Å². The average molecular weight is 494 g/mol. The molecule has 2 aromatic carbocycles. The van der Waals surface area contributed by atoms with Crippen molar-refractivity contribution in [2.45, 2.75) is 59.0 Å². The van der Waals surface area contributed by atoms with Gasteiger partial charge in [-0.2, -0.15) is 0 Å². The maximum Gasteiger partial charge on any atom is 0.251 e. The van der Waals surface area contributed by atoms with Crippen LogP contribution in [0.25, 0.3) is 11.4 Å². The van der Waals surface area contributed by atoms with Crippen LogP contribution in [-0.4, -0.2) is 39.2 Å². The quantitative estimate of drug-likeness (QED) is 0.478. The second kappa shape index (κ2) is 11.3. The van der Waals surface area contributed by atoms with Crippen LogP contribution in [0, 0.1) is 11.7 Å². The number of amides is 2. The highest BCUT2D eigenvalue weighted by molar-refractivity contribution is 6.01. The van der Waals surface area contributed by atoms with E-state index in [-0.39, 0.29) is 23.3 Å². The number of benzene rings is 2. The molecule has 2 amide bonds. The van der Waals surface area contributed by atoms with Gasteiger partial charge in [0.05, 0.1) is 12.2 Å². The van der Waals surface area contributed by atoms with Crippen molar-refractivity contribution in [3.63, 3.8) is 0 Å². The Hall–Kier alpha value is -3.75. The molecule has 1 aliphatic rings. The highest BCUT2D eigenvalue weighted by atomic mass is 19.1. The first kappa shape index (κ1) is 25.3. The number of rotatable bonds is 8. The maximum atomic E-state index is 14.8. The number of anilines is 1. The Morgan fingerprint density at radius 1 is 1.08 bits per heavy atom. The van der Waals surface area contributed by atoms with Crippen LogP contribution >= 0.6 is 0 Å². The van der Waals surface area contributed by atoms with Crippen molar-refractivity contribution in [1.29, 1.82) is 0 Å². The summed E-state index contributed by atoms with van der Waals surface area (Å²) in [6, 6.07) is 10.3. The highest BCUT2D eigenvalue weighted by Gasteiger charge is 2.26. The van der Waals surface area contributed by atoms with Crippen LogP contribution in [0.15, 0.2) is 42.5 Å². The number of nitrogens with one attached hydrogen (secondary N) is 2. The number of carbonyl (C=O) groups is 2. The molecular weight excluding hydrogens is 461 g/mol. The number of aryl methyl sites for hydroxylation is 1. The van der Waals surface area contributed by atoms with Crippen LogP contribution in [0.5, 0.6) is 5.75 Å². The molecule has 190 valence electrons. The van der Waals surface area contributed by atoms with Crippen LogP contribution in [0.4, 0.5) is 10.1 Å². The fraction of sp³-hybridized carbons (Fsp3) is 0.407. The summed E-state index contributed by atoms with van der Waals surface area (Å²) in [5, 5.41) is 14.1. The summed E-state index contributed by atoms with van der Waals surface area (Å²) in [5.41, 5.74) is 1.13. The van der Waals surface area contributed by atoms with Gasteiger partial charge >= 0.3 is 0 Å². The van der Waals surface area contributed by atoms with Crippen molar-refractivity contribution in [3.05, 3.63) is 59.7 Å². The van der Waals surface area contributed by atoms with Gasteiger partial charge < -0.3 is 19.9 Å². The molecule has 0 spiro atoms. The minimum atomic E-state index is -0.790. The van der Waals surface area contributed by atoms with Gasteiger partial charge in [-0.3, -0.25) is 9.59 Å². The van der Waals surface area contributed by atoms with Crippen LogP contribution in [0.1, 0.15) is 56.2 Å². The Kier molecular flexibility index (Phi) is 7.97. The predicted molar refractivity (Wildman–Crippen MR) is 135 cm³/mol. The van der Waals surface area contributed by atoms with Gasteiger partial charge in [0.15, 0.2) is 5.82 Å². The molecular formula is C27H32FN5O3. The van der Waals surface area contributed by atoms with E-state index in [1.807, 2.05) is 25.3 Å². The van der Waals surface area contributed by atoms with Gasteiger partial charge in [-0.25, -0.2) is 4.39 Å². The van der Waals surface area contributed by atoms with E-state index < -0.39 is 11.9 Å². The SMILES string of the molecule is CCOc1ccc(C(=O)NC(C(=O)Nc2ccc(F)c(-c3nnc4n3CCCCC4)c2)C(C)C)cc1. The molecule has 2 N–H and O–H groups in total. The molecule has 3 aromatic rings. The van der Waals surface area contributed by atoms with E-state index in [1.54, 1.807) is 30.3 Å². The van der Waals surface area contributed by atoms with Crippen LogP contribution in [0.2, 0.25) is 0 Å². The molecule has 0 bridgehead atoms. The largest absolute Gasteiger partial charge is 0.494 e. The van der Waals surface area contributed by atoms with Gasteiger partial charge in [0, 0.05) is 24.2 Å². The first-order chi connectivity index (χ1) is 17.4. The number of hydrogen-bond donors (Lipinski definition) is 2. The number of nitrogens with zero attached hydrogens (tertiary/aromatic N) is 3. The van der Waals surface area contributed by atoms with Crippen molar-refractivity contribution < 1.29 is 18.7 Å². The van der Waals surface area contributed by atoms with Gasteiger partial charge in [-0.05, 0) is 68.1 Å². The van der Waals surface area contributed by atoms with Gasteiger partial charge in [0.1, 0.15) is 23.4 Å². The summed E-state index contributed by atoms with van der Waals surface area (Å²) in [6.07, 6.45) is 3.94. The molecule has 8 nitrogen and oxygen atoms in total. The Morgan fingerprint density at radius 3 is 2.58 bits per heavy atom. The van der Waals surface area contributed by atoms with Gasteiger partial charge in [-0.15, -0.1) is 10.2 Å². The first-order valence-electron chi connectivity index (χ1n) is 12.4. The molecule has 1 aliphatic heterocycles. The van der Waals surface area contributed by atoms with Crippen molar-refractivity contribution >= 4 is 17.5 Å². The highest BCUT2D eigenvalue weighted by Crippen LogP contribution is 2.28. The fourth-order valence-corrected chi connectivity index (χ4v) is 4.31. The molecule has 1 aromatic heterocycles. The lowest BCUT2D eigenvalue weighted by molar-refractivity contribution is -0.118. The van der Waals surface area contributed by atoms with Crippen molar-refractivity contribution in [1.82, 2.24) is 20.1 Å². The third-order valence-corrected chi connectivity index (χ3v) is 6.25. The number of carbonyl (C=O) groups excluding carboxylic acids is 2. The number of aromatic nitrogens is 3. The average Bonchev–Trinajstić information content (AvgIpc) is 3.11. The zero-order chi connectivity index (χ0) is 25.7. The van der Waals surface area contributed by atoms with E-state index in [2.05, 4.69) is 20.8 Å². The van der Waals surface area contributed by atoms with Crippen molar-refractivity contribution in [3.8, 4) is 17.1 Å². The zero-order valence-corrected chi connectivity index (χ0v) is 20.9. The minimum Gasteiger partial charge on any atom is -0.494 e. The van der Waals surface area contributed by atoms with Crippen LogP contribution in [0.3, 0.4) is 0 Å². The summed E-state index contributed by atoms with van der Waals surface area (Å²) in [7, 11) is 0. The van der Waals surface area contributed by atoms with Gasteiger partial charge in [0.2, 0.25) is 5.91 Å². The first-order valence-corrected chi connectivity index (χ1v) is 12.4. The lowest BCUT2D eigenvalue weighted by Gasteiger charge is -2.22. The zero-order valence-electron chi connectivity index (χ0n) is 20.9. The molecule has 2 heterocycles. The molecule has 0 saturated carbocycles. The second-order valence-corrected chi connectivity index (χ2v) is 9.24. The smallest absolute Gasteiger partial charge is 0.251 e. The maximum absolute atomic E-state index is 14.8. The van der Waals surface area contributed by atoms with E-state index in [4.69, 9.17) is 4.74 Å². The molecule has 0 radical (unpaired) electrons. The molecule has 1 atom stereocenters. The van der Waals surface area contributed by atoms with E-state index in [1.165, 1.54) is 12.1 Å². The van der Waals surface area contributed by atoms with E-state index in [0.717, 1.165) is 38.1 Å². The molecule has 9 heteroatoms. The van der Waals surface area contributed by atoms with Crippen LogP contribution in [-0.2, 0) is 17.8 Å². The molecule has 36 heavy (non-hydrogen) atoms. The van der Waals surface area contributed by atoms with E-state index in [9.17, 15) is 14.0 Å². The lowest BCUT2D eigenvalue weighted by atomic mass is 10.0. The number of fused-ring (bicyclic) bond motifs is 1. The third kappa shape index (κ3) is 5.72. The second-order valence-electron chi connectivity index (χ2n) is 9.24. The summed E-state index contributed by atoms with van der Waals surface area (Å²) in [4.78, 5) is 26.0. The molecule has 0 saturated heterocycles. The molecule has 1 unspecified atom stereocenters. The van der Waals surface area contributed by atoms with Crippen molar-refractivity contribution in [2.75, 3.05) is 11.9 Å². The van der Waals surface area contributed by atoms with E-state index >= 15 is 0 Å². The minimum absolute atomic E-state index is 0.177. The summed E-state index contributed by atoms with van der Waals surface area (Å²) < 4.78 is 22.2. The Morgan fingerprint density at radius 2 is 1.86 bits per heavy atom. The third-order valence-electron chi connectivity index (χ3n) is 6.25. The normalized spacial score (nSPS) is 14.0.